The Balaban J connectivity index is 1.68. The molecule has 0 spiro atoms. The molecule has 0 aliphatic carbocycles. The molecule has 4 aromatic rings. The van der Waals surface area contributed by atoms with Gasteiger partial charge in [-0.25, -0.2) is 0 Å². The molecule has 0 aliphatic heterocycles. The van der Waals surface area contributed by atoms with E-state index in [0.717, 1.165) is 12.4 Å². The molecular formula is C40H34N6. The first kappa shape index (κ1) is 32.4. The van der Waals surface area contributed by atoms with E-state index in [-0.39, 0.29) is 11.1 Å². The summed E-state index contributed by atoms with van der Waals surface area (Å²) in [5.41, 5.74) is 16.8. The van der Waals surface area contributed by atoms with Gasteiger partial charge in [0.1, 0.15) is 12.1 Å². The highest BCUT2D eigenvalue weighted by Gasteiger charge is 2.11. The second-order valence-electron chi connectivity index (χ2n) is 10.5. The lowest BCUT2D eigenvalue weighted by Crippen LogP contribution is -1.98. The maximum Gasteiger partial charge on any atom is 0.101 e. The molecule has 4 aromatic carbocycles. The zero-order valence-electron chi connectivity index (χ0n) is 25.4. The van der Waals surface area contributed by atoms with Crippen molar-refractivity contribution in [3.05, 3.63) is 167 Å². The Kier molecular flexibility index (Phi) is 10.8. The molecule has 6 nitrogen and oxygen atoms in total. The summed E-state index contributed by atoms with van der Waals surface area (Å²) in [5, 5.41) is 39.7. The van der Waals surface area contributed by atoms with Gasteiger partial charge in [0, 0.05) is 23.8 Å². The van der Waals surface area contributed by atoms with E-state index < -0.39 is 0 Å². The molecule has 0 aromatic heterocycles. The van der Waals surface area contributed by atoms with Crippen molar-refractivity contribution < 1.29 is 0 Å². The molecule has 0 unspecified atom stereocenters. The molecule has 0 saturated heterocycles. The first-order valence-corrected chi connectivity index (χ1v) is 14.5. The van der Waals surface area contributed by atoms with E-state index in [9.17, 15) is 0 Å². The molecule has 0 amide bonds. The minimum Gasteiger partial charge on any atom is -0.398 e. The number of benzene rings is 4. The summed E-state index contributed by atoms with van der Waals surface area (Å²) in [4.78, 5) is 0. The van der Waals surface area contributed by atoms with Crippen molar-refractivity contribution >= 4 is 44.7 Å². The van der Waals surface area contributed by atoms with Crippen LogP contribution in [0, 0.1) is 33.5 Å². The monoisotopic (exact) mass is 598 g/mol. The van der Waals surface area contributed by atoms with Crippen LogP contribution >= 0.6 is 0 Å². The van der Waals surface area contributed by atoms with E-state index in [1.54, 1.807) is 12.2 Å². The number of nitriles is 2. The van der Waals surface area contributed by atoms with Gasteiger partial charge in [0.25, 0.3) is 0 Å². The second kappa shape index (κ2) is 15.3. The van der Waals surface area contributed by atoms with Crippen LogP contribution in [0.25, 0.3) is 32.3 Å². The van der Waals surface area contributed by atoms with Gasteiger partial charge in [0.15, 0.2) is 0 Å². The highest BCUT2D eigenvalue weighted by molar-refractivity contribution is 6.19. The lowest BCUT2D eigenvalue weighted by molar-refractivity contribution is 1.29. The van der Waals surface area contributed by atoms with Crippen molar-refractivity contribution in [3.63, 3.8) is 0 Å². The molecule has 224 valence electrons. The Morgan fingerprint density at radius 1 is 0.630 bits per heavy atom. The normalized spacial score (nSPS) is 12.9. The lowest BCUT2D eigenvalue weighted by Gasteiger charge is -2.14. The van der Waals surface area contributed by atoms with Crippen molar-refractivity contribution in [2.75, 3.05) is 0 Å². The fourth-order valence-corrected chi connectivity index (χ4v) is 5.14. The van der Waals surface area contributed by atoms with Gasteiger partial charge in [-0.15, -0.1) is 0 Å². The third-order valence-corrected chi connectivity index (χ3v) is 7.52. The zero-order chi connectivity index (χ0) is 33.1. The number of fused-ring (bicyclic) bond motifs is 5. The van der Waals surface area contributed by atoms with Crippen molar-refractivity contribution in [2.24, 2.45) is 11.5 Å². The summed E-state index contributed by atoms with van der Waals surface area (Å²) >= 11 is 0. The largest absolute Gasteiger partial charge is 0.398 e. The van der Waals surface area contributed by atoms with Crippen molar-refractivity contribution in [1.82, 2.24) is 0 Å². The SMILES string of the molecule is C=C(/C=C(/C#N)C=N)/C(N)=C/C=C\Cc1cc2c3ccccc3c(C/C=C\C=C(/N)C(=C)/C=C(/C#N)C=N)cc2c2ccccc12. The molecule has 0 saturated carbocycles. The number of nitrogens with one attached hydrogen (secondary N) is 2. The van der Waals surface area contributed by atoms with E-state index in [1.165, 1.54) is 55.6 Å². The summed E-state index contributed by atoms with van der Waals surface area (Å²) in [5.74, 6) is 0. The van der Waals surface area contributed by atoms with Gasteiger partial charge in [-0.05, 0) is 104 Å². The van der Waals surface area contributed by atoms with Crippen LogP contribution in [-0.2, 0) is 12.8 Å². The van der Waals surface area contributed by atoms with Crippen molar-refractivity contribution in [3.8, 4) is 12.1 Å². The van der Waals surface area contributed by atoms with E-state index in [1.807, 2.05) is 24.3 Å². The topological polar surface area (TPSA) is 147 Å². The fraction of sp³-hybridized carbons (Fsp3) is 0.0500. The molecule has 0 fully saturated rings. The number of hydrogen-bond acceptors (Lipinski definition) is 6. The third-order valence-electron chi connectivity index (χ3n) is 7.52. The highest BCUT2D eigenvalue weighted by atomic mass is 14.6. The zero-order valence-corrected chi connectivity index (χ0v) is 25.4. The second-order valence-corrected chi connectivity index (χ2v) is 10.5. The quantitative estimate of drug-likeness (QED) is 0.0561. The molecule has 0 bridgehead atoms. The number of rotatable bonds is 12. The van der Waals surface area contributed by atoms with Gasteiger partial charge < -0.3 is 22.3 Å². The van der Waals surface area contributed by atoms with Crippen molar-refractivity contribution in [1.29, 1.82) is 21.3 Å². The first-order chi connectivity index (χ1) is 22.3. The van der Waals surface area contributed by atoms with Crippen LogP contribution in [0.15, 0.2) is 156 Å². The van der Waals surface area contributed by atoms with E-state index in [0.29, 0.717) is 35.4 Å². The Morgan fingerprint density at radius 3 is 1.35 bits per heavy atom. The molecule has 0 atom stereocenters. The number of nitrogens with zero attached hydrogens (tertiary/aromatic N) is 2. The molecule has 0 radical (unpaired) electrons. The van der Waals surface area contributed by atoms with Crippen LogP contribution in [0.3, 0.4) is 0 Å². The van der Waals surface area contributed by atoms with Gasteiger partial charge in [-0.3, -0.25) is 0 Å². The Bertz CT molecular complexity index is 2000. The summed E-state index contributed by atoms with van der Waals surface area (Å²) in [6.07, 6.45) is 17.7. The van der Waals surface area contributed by atoms with Gasteiger partial charge in [0.05, 0.1) is 11.1 Å². The van der Waals surface area contributed by atoms with Crippen LogP contribution in [0.5, 0.6) is 0 Å². The van der Waals surface area contributed by atoms with Gasteiger partial charge in [0.2, 0.25) is 0 Å². The molecule has 6 heteroatoms. The summed E-state index contributed by atoms with van der Waals surface area (Å²) in [6.45, 7) is 7.80. The van der Waals surface area contributed by atoms with E-state index in [2.05, 4.69) is 86.0 Å². The summed E-state index contributed by atoms with van der Waals surface area (Å²) in [6, 6.07) is 25.3. The average Bonchev–Trinajstić information content (AvgIpc) is 3.09. The highest BCUT2D eigenvalue weighted by Crippen LogP contribution is 2.36. The first-order valence-electron chi connectivity index (χ1n) is 14.5. The molecule has 4 rings (SSSR count). The number of hydrogen-bond donors (Lipinski definition) is 4. The average molecular weight is 599 g/mol. The van der Waals surface area contributed by atoms with Crippen LogP contribution in [-0.4, -0.2) is 12.4 Å². The van der Waals surface area contributed by atoms with Crippen LogP contribution in [0.4, 0.5) is 0 Å². The maximum absolute atomic E-state index is 9.05. The maximum atomic E-state index is 9.05. The molecule has 0 aliphatic rings. The van der Waals surface area contributed by atoms with Gasteiger partial charge in [-0.1, -0.05) is 86.0 Å². The van der Waals surface area contributed by atoms with E-state index >= 15 is 0 Å². The van der Waals surface area contributed by atoms with Crippen LogP contribution in [0.2, 0.25) is 0 Å². The molecule has 46 heavy (non-hydrogen) atoms. The van der Waals surface area contributed by atoms with E-state index in [4.69, 9.17) is 32.8 Å². The van der Waals surface area contributed by atoms with Crippen molar-refractivity contribution in [2.45, 2.75) is 12.8 Å². The van der Waals surface area contributed by atoms with Gasteiger partial charge >= 0.3 is 0 Å². The predicted octanol–water partition coefficient (Wildman–Crippen LogP) is 8.34. The molecule has 6 N–H and O–H groups in total. The third kappa shape index (κ3) is 7.52. The Hall–Kier alpha value is -6.50. The summed E-state index contributed by atoms with van der Waals surface area (Å²) < 4.78 is 0. The Morgan fingerprint density at radius 2 is 1.00 bits per heavy atom. The predicted molar refractivity (Wildman–Crippen MR) is 192 cm³/mol. The van der Waals surface area contributed by atoms with Crippen LogP contribution < -0.4 is 11.5 Å². The molecule has 0 heterocycles. The fourth-order valence-electron chi connectivity index (χ4n) is 5.14. The van der Waals surface area contributed by atoms with Gasteiger partial charge in [-0.2, -0.15) is 10.5 Å². The van der Waals surface area contributed by atoms with Crippen LogP contribution in [0.1, 0.15) is 11.1 Å². The number of nitrogens with two attached hydrogens (primary N) is 2. The smallest absolute Gasteiger partial charge is 0.101 e. The standard InChI is InChI=1S/C40H34N6/c1-27(19-29(23-41)24-42)39(45)17-9-3-11-31-21-37-36-16-8-6-14-34(36)32(22-38(37)35-15-7-5-13-33(31)35)12-4-10-18-40(46)28(2)20-30(25-43)26-44/h3-10,13-23,25,41,43H,1-2,11-12,45-46H2/b9-3-,10-4-,29-19+,30-20+,39-17-,40-18-,41-23?,43-25?. The number of allylic oxidation sites excluding steroid dienone is 10. The summed E-state index contributed by atoms with van der Waals surface area (Å²) in [7, 11) is 0. The molecular weight excluding hydrogens is 564 g/mol. The minimum absolute atomic E-state index is 0.187. The minimum atomic E-state index is 0.187. The Labute approximate surface area is 269 Å². The lowest BCUT2D eigenvalue weighted by atomic mass is 9.89.